The van der Waals surface area contributed by atoms with Gasteiger partial charge in [0.05, 0.1) is 22.8 Å². The summed E-state index contributed by atoms with van der Waals surface area (Å²) in [4.78, 5) is 26.4. The number of hydrogen-bond acceptors (Lipinski definition) is 4. The highest BCUT2D eigenvalue weighted by Crippen LogP contribution is 2.30. The molecule has 0 atom stereocenters. The quantitative estimate of drug-likeness (QED) is 0.505. The molecule has 4 rings (SSSR count). The lowest BCUT2D eigenvalue weighted by Crippen LogP contribution is -2.32. The van der Waals surface area contributed by atoms with Crippen molar-refractivity contribution in [1.82, 2.24) is 15.1 Å². The van der Waals surface area contributed by atoms with E-state index in [1.165, 1.54) is 11.3 Å². The van der Waals surface area contributed by atoms with Gasteiger partial charge in [0.25, 0.3) is 5.91 Å². The number of carbonyl (C=O) groups excluding carboxylic acids is 2. The number of carbonyl (C=O) groups is 2. The van der Waals surface area contributed by atoms with Crippen LogP contribution in [-0.2, 0) is 4.79 Å². The molecule has 7 heteroatoms. The molecule has 2 aromatic carbocycles. The Labute approximate surface area is 178 Å². The minimum absolute atomic E-state index is 0.0926. The number of rotatable bonds is 5. The standard InChI is InChI=1S/C23H22N4O2S/c1-14-8-7-9-15(2)21(14)25-20(28)13-24-22(29)19-12-18-16(3)26-27(23(18)30-19)17-10-5-4-6-11-17/h4-12H,13H2,1-3H3,(H,24,29)(H,25,28). The molecule has 0 aliphatic carbocycles. The molecule has 4 aromatic rings. The summed E-state index contributed by atoms with van der Waals surface area (Å²) in [5.74, 6) is -0.527. The molecule has 2 aromatic heterocycles. The number of fused-ring (bicyclic) bond motifs is 1. The van der Waals surface area contributed by atoms with E-state index in [1.54, 1.807) is 0 Å². The van der Waals surface area contributed by atoms with Gasteiger partial charge in [0.2, 0.25) is 5.91 Å². The first-order valence-electron chi connectivity index (χ1n) is 9.63. The molecule has 0 saturated carbocycles. The summed E-state index contributed by atoms with van der Waals surface area (Å²) in [7, 11) is 0. The molecule has 2 heterocycles. The summed E-state index contributed by atoms with van der Waals surface area (Å²) in [5, 5.41) is 11.1. The number of nitrogens with zero attached hydrogens (tertiary/aromatic N) is 2. The van der Waals surface area contributed by atoms with E-state index in [2.05, 4.69) is 15.7 Å². The molecule has 0 radical (unpaired) electrons. The van der Waals surface area contributed by atoms with Crippen molar-refractivity contribution in [3.05, 3.63) is 76.3 Å². The monoisotopic (exact) mass is 418 g/mol. The number of nitrogens with one attached hydrogen (secondary N) is 2. The molecule has 2 N–H and O–H groups in total. The Kier molecular flexibility index (Phi) is 5.37. The van der Waals surface area contributed by atoms with Gasteiger partial charge in [-0.25, -0.2) is 4.68 Å². The van der Waals surface area contributed by atoms with E-state index in [-0.39, 0.29) is 18.4 Å². The predicted octanol–water partition coefficient (Wildman–Crippen LogP) is 4.38. The maximum atomic E-state index is 12.7. The highest BCUT2D eigenvalue weighted by Gasteiger charge is 2.18. The summed E-state index contributed by atoms with van der Waals surface area (Å²) >= 11 is 1.36. The molecular weight excluding hydrogens is 396 g/mol. The number of aryl methyl sites for hydroxylation is 3. The summed E-state index contributed by atoms with van der Waals surface area (Å²) in [6.07, 6.45) is 0. The largest absolute Gasteiger partial charge is 0.342 e. The van der Waals surface area contributed by atoms with Crippen LogP contribution in [-0.4, -0.2) is 28.1 Å². The first-order chi connectivity index (χ1) is 14.4. The van der Waals surface area contributed by atoms with Gasteiger partial charge in [0.1, 0.15) is 4.83 Å². The normalized spacial score (nSPS) is 10.9. The lowest BCUT2D eigenvalue weighted by Gasteiger charge is -2.11. The van der Waals surface area contributed by atoms with Crippen LogP contribution in [0.5, 0.6) is 0 Å². The first kappa shape index (κ1) is 19.8. The molecule has 152 valence electrons. The summed E-state index contributed by atoms with van der Waals surface area (Å²) < 4.78 is 1.85. The van der Waals surface area contributed by atoms with Crippen molar-refractivity contribution in [2.45, 2.75) is 20.8 Å². The third-order valence-corrected chi connectivity index (χ3v) is 6.03. The highest BCUT2D eigenvalue weighted by atomic mass is 32.1. The van der Waals surface area contributed by atoms with Gasteiger partial charge >= 0.3 is 0 Å². The zero-order valence-electron chi connectivity index (χ0n) is 17.0. The van der Waals surface area contributed by atoms with Crippen molar-refractivity contribution in [3.63, 3.8) is 0 Å². The summed E-state index contributed by atoms with van der Waals surface area (Å²) in [6, 6.07) is 17.5. The number of para-hydroxylation sites is 2. The van der Waals surface area contributed by atoms with Crippen LogP contribution < -0.4 is 10.6 Å². The summed E-state index contributed by atoms with van der Waals surface area (Å²) in [5.41, 5.74) is 4.56. The van der Waals surface area contributed by atoms with Crippen molar-refractivity contribution in [1.29, 1.82) is 0 Å². The second kappa shape index (κ2) is 8.12. The van der Waals surface area contributed by atoms with Gasteiger partial charge in [0.15, 0.2) is 0 Å². The van der Waals surface area contributed by atoms with Crippen LogP contribution in [0.1, 0.15) is 26.5 Å². The van der Waals surface area contributed by atoms with Crippen molar-refractivity contribution < 1.29 is 9.59 Å². The molecular formula is C23H22N4O2S. The first-order valence-corrected chi connectivity index (χ1v) is 10.4. The van der Waals surface area contributed by atoms with E-state index < -0.39 is 0 Å². The lowest BCUT2D eigenvalue weighted by molar-refractivity contribution is -0.115. The van der Waals surface area contributed by atoms with E-state index in [4.69, 9.17) is 0 Å². The van der Waals surface area contributed by atoms with E-state index in [9.17, 15) is 9.59 Å². The fourth-order valence-electron chi connectivity index (χ4n) is 3.35. The maximum absolute atomic E-state index is 12.7. The fourth-order valence-corrected chi connectivity index (χ4v) is 4.45. The average molecular weight is 419 g/mol. The van der Waals surface area contributed by atoms with Gasteiger partial charge in [-0.3, -0.25) is 9.59 Å². The topological polar surface area (TPSA) is 76.0 Å². The summed E-state index contributed by atoms with van der Waals surface area (Å²) in [6.45, 7) is 5.71. The van der Waals surface area contributed by atoms with Gasteiger partial charge in [-0.15, -0.1) is 11.3 Å². The third-order valence-electron chi connectivity index (χ3n) is 4.92. The smallest absolute Gasteiger partial charge is 0.261 e. The van der Waals surface area contributed by atoms with Crippen LogP contribution >= 0.6 is 11.3 Å². The van der Waals surface area contributed by atoms with E-state index in [0.717, 1.165) is 38.4 Å². The van der Waals surface area contributed by atoms with Gasteiger partial charge in [-0.05, 0) is 50.1 Å². The van der Waals surface area contributed by atoms with Crippen molar-refractivity contribution in [3.8, 4) is 5.69 Å². The molecule has 6 nitrogen and oxygen atoms in total. The minimum Gasteiger partial charge on any atom is -0.342 e. The Morgan fingerprint density at radius 2 is 1.70 bits per heavy atom. The van der Waals surface area contributed by atoms with Crippen LogP contribution in [0.3, 0.4) is 0 Å². The minimum atomic E-state index is -0.271. The Morgan fingerprint density at radius 3 is 2.40 bits per heavy atom. The molecule has 30 heavy (non-hydrogen) atoms. The molecule has 0 fully saturated rings. The zero-order valence-corrected chi connectivity index (χ0v) is 17.8. The Bertz CT molecular complexity index is 1220. The second-order valence-corrected chi connectivity index (χ2v) is 8.19. The molecule has 0 spiro atoms. The van der Waals surface area contributed by atoms with Crippen molar-refractivity contribution in [2.75, 3.05) is 11.9 Å². The Morgan fingerprint density at radius 1 is 1.00 bits per heavy atom. The van der Waals surface area contributed by atoms with Gasteiger partial charge in [-0.1, -0.05) is 36.4 Å². The van der Waals surface area contributed by atoms with Crippen LogP contribution in [0.2, 0.25) is 0 Å². The van der Waals surface area contributed by atoms with Crippen molar-refractivity contribution >= 4 is 39.1 Å². The number of aromatic nitrogens is 2. The molecule has 0 aliphatic rings. The Hall–Kier alpha value is -3.45. The predicted molar refractivity (Wildman–Crippen MR) is 121 cm³/mol. The third kappa shape index (κ3) is 3.84. The number of benzene rings is 2. The lowest BCUT2D eigenvalue weighted by atomic mass is 10.1. The maximum Gasteiger partial charge on any atom is 0.261 e. The van der Waals surface area contributed by atoms with Crippen LogP contribution in [0, 0.1) is 20.8 Å². The number of anilines is 1. The molecule has 0 aliphatic heterocycles. The van der Waals surface area contributed by atoms with E-state index in [0.29, 0.717) is 4.88 Å². The fraction of sp³-hybridized carbons (Fsp3) is 0.174. The number of thiophene rings is 1. The van der Waals surface area contributed by atoms with Crippen LogP contribution in [0.25, 0.3) is 15.9 Å². The van der Waals surface area contributed by atoms with Gasteiger partial charge in [0, 0.05) is 11.1 Å². The van der Waals surface area contributed by atoms with Gasteiger partial charge < -0.3 is 10.6 Å². The SMILES string of the molecule is Cc1cccc(C)c1NC(=O)CNC(=O)c1cc2c(C)nn(-c3ccccc3)c2s1. The average Bonchev–Trinajstić information content (AvgIpc) is 3.30. The molecule has 0 bridgehead atoms. The Balaban J connectivity index is 1.48. The van der Waals surface area contributed by atoms with Crippen LogP contribution in [0.15, 0.2) is 54.6 Å². The van der Waals surface area contributed by atoms with E-state index >= 15 is 0 Å². The molecule has 0 saturated heterocycles. The highest BCUT2D eigenvalue weighted by molar-refractivity contribution is 7.20. The van der Waals surface area contributed by atoms with Crippen molar-refractivity contribution in [2.24, 2.45) is 0 Å². The number of hydrogen-bond donors (Lipinski definition) is 2. The number of amides is 2. The zero-order chi connectivity index (χ0) is 21.3. The molecule has 0 unspecified atom stereocenters. The second-order valence-electron chi connectivity index (χ2n) is 7.16. The van der Waals surface area contributed by atoms with Gasteiger partial charge in [-0.2, -0.15) is 5.10 Å². The van der Waals surface area contributed by atoms with E-state index in [1.807, 2.05) is 80.1 Å². The van der Waals surface area contributed by atoms with Crippen LogP contribution in [0.4, 0.5) is 5.69 Å². The molecule has 2 amide bonds.